The van der Waals surface area contributed by atoms with Gasteiger partial charge < -0.3 is 5.11 Å². The summed E-state index contributed by atoms with van der Waals surface area (Å²) in [6.45, 7) is 1.86. The third-order valence-corrected chi connectivity index (χ3v) is 2.68. The maximum absolute atomic E-state index is 9.49. The summed E-state index contributed by atoms with van der Waals surface area (Å²) < 4.78 is 0. The highest BCUT2D eigenvalue weighted by Gasteiger charge is 2.06. The molecule has 15 heavy (non-hydrogen) atoms. The molecule has 0 aliphatic carbocycles. The molecule has 0 heterocycles. The molecule has 0 aliphatic heterocycles. The molecule has 2 aromatic rings. The molecule has 76 valence electrons. The largest absolute Gasteiger partial charge is 0.508 e. The first kappa shape index (κ1) is 10.1. The summed E-state index contributed by atoms with van der Waals surface area (Å²) in [5.41, 5.74) is 2.84. The molecule has 0 atom stereocenters. The second-order valence-corrected chi connectivity index (χ2v) is 3.89. The van der Waals surface area contributed by atoms with Crippen LogP contribution in [0.5, 0.6) is 5.75 Å². The van der Waals surface area contributed by atoms with Gasteiger partial charge in [0.1, 0.15) is 5.75 Å². The van der Waals surface area contributed by atoms with Gasteiger partial charge in [-0.2, -0.15) is 0 Å². The van der Waals surface area contributed by atoms with Crippen LogP contribution in [0.1, 0.15) is 5.56 Å². The van der Waals surface area contributed by atoms with Crippen molar-refractivity contribution in [3.63, 3.8) is 0 Å². The van der Waals surface area contributed by atoms with Crippen molar-refractivity contribution in [3.05, 3.63) is 53.1 Å². The Morgan fingerprint density at radius 2 is 1.73 bits per heavy atom. The zero-order chi connectivity index (χ0) is 10.8. The van der Waals surface area contributed by atoms with Crippen molar-refractivity contribution < 1.29 is 5.11 Å². The standard InChI is InChI=1S/C13H11ClO/c1-9-7-11(12(14)8-13(9)15)10-5-3-2-4-6-10/h2-8,15H,1H3. The predicted octanol–water partition coefficient (Wildman–Crippen LogP) is 4.02. The van der Waals surface area contributed by atoms with Crippen molar-refractivity contribution in [3.8, 4) is 16.9 Å². The van der Waals surface area contributed by atoms with E-state index in [4.69, 9.17) is 11.6 Å². The molecule has 0 amide bonds. The number of aromatic hydroxyl groups is 1. The molecule has 0 saturated carbocycles. The third kappa shape index (κ3) is 1.97. The Kier molecular flexibility index (Phi) is 2.65. The van der Waals surface area contributed by atoms with Crippen LogP contribution in [0.4, 0.5) is 0 Å². The number of halogens is 1. The van der Waals surface area contributed by atoms with Gasteiger partial charge in [-0.1, -0.05) is 41.9 Å². The van der Waals surface area contributed by atoms with E-state index in [1.165, 1.54) is 0 Å². The molecule has 0 aromatic heterocycles. The average molecular weight is 219 g/mol. The summed E-state index contributed by atoms with van der Waals surface area (Å²) in [7, 11) is 0. The topological polar surface area (TPSA) is 20.2 Å². The number of phenols is 1. The quantitative estimate of drug-likeness (QED) is 0.767. The van der Waals surface area contributed by atoms with Crippen molar-refractivity contribution in [1.82, 2.24) is 0 Å². The Bertz CT molecular complexity index is 477. The van der Waals surface area contributed by atoms with E-state index >= 15 is 0 Å². The summed E-state index contributed by atoms with van der Waals surface area (Å²) in [5, 5.41) is 10.1. The third-order valence-electron chi connectivity index (χ3n) is 2.37. The molecule has 0 fully saturated rings. The molecule has 2 heteroatoms. The van der Waals surface area contributed by atoms with E-state index in [0.717, 1.165) is 16.7 Å². The minimum absolute atomic E-state index is 0.236. The monoisotopic (exact) mass is 218 g/mol. The zero-order valence-electron chi connectivity index (χ0n) is 8.37. The van der Waals surface area contributed by atoms with Gasteiger partial charge in [-0.15, -0.1) is 0 Å². The molecular weight excluding hydrogens is 208 g/mol. The van der Waals surface area contributed by atoms with Gasteiger partial charge in [0.05, 0.1) is 5.02 Å². The van der Waals surface area contributed by atoms with Crippen LogP contribution in [0.2, 0.25) is 5.02 Å². The maximum atomic E-state index is 9.49. The summed E-state index contributed by atoms with van der Waals surface area (Å²) in [6.07, 6.45) is 0. The number of aryl methyl sites for hydroxylation is 1. The SMILES string of the molecule is Cc1cc(-c2ccccc2)c(Cl)cc1O. The van der Waals surface area contributed by atoms with Gasteiger partial charge in [-0.25, -0.2) is 0 Å². The van der Waals surface area contributed by atoms with E-state index in [0.29, 0.717) is 5.02 Å². The van der Waals surface area contributed by atoms with Crippen LogP contribution in [0, 0.1) is 6.92 Å². The van der Waals surface area contributed by atoms with E-state index in [1.54, 1.807) is 6.07 Å². The van der Waals surface area contributed by atoms with Crippen molar-refractivity contribution in [2.75, 3.05) is 0 Å². The molecule has 0 unspecified atom stereocenters. The highest BCUT2D eigenvalue weighted by Crippen LogP contribution is 2.32. The molecule has 2 rings (SSSR count). The van der Waals surface area contributed by atoms with Crippen molar-refractivity contribution in [1.29, 1.82) is 0 Å². The fourth-order valence-electron chi connectivity index (χ4n) is 1.51. The maximum Gasteiger partial charge on any atom is 0.120 e. The highest BCUT2D eigenvalue weighted by molar-refractivity contribution is 6.33. The fourth-order valence-corrected chi connectivity index (χ4v) is 1.78. The first-order valence-corrected chi connectivity index (χ1v) is 5.11. The molecule has 2 aromatic carbocycles. The Morgan fingerprint density at radius 3 is 2.40 bits per heavy atom. The lowest BCUT2D eigenvalue weighted by molar-refractivity contribution is 0.471. The first-order chi connectivity index (χ1) is 7.18. The minimum Gasteiger partial charge on any atom is -0.508 e. The van der Waals surface area contributed by atoms with E-state index in [2.05, 4.69) is 0 Å². The Morgan fingerprint density at radius 1 is 1.07 bits per heavy atom. The van der Waals surface area contributed by atoms with Gasteiger partial charge in [0.25, 0.3) is 0 Å². The van der Waals surface area contributed by atoms with E-state index < -0.39 is 0 Å². The lowest BCUT2D eigenvalue weighted by Gasteiger charge is -2.07. The molecule has 0 saturated heterocycles. The summed E-state index contributed by atoms with van der Waals surface area (Å²) in [4.78, 5) is 0. The second-order valence-electron chi connectivity index (χ2n) is 3.48. The Balaban J connectivity index is 2.59. The van der Waals surface area contributed by atoms with Gasteiger partial charge >= 0.3 is 0 Å². The molecule has 0 aliphatic rings. The number of hydrogen-bond acceptors (Lipinski definition) is 1. The predicted molar refractivity (Wildman–Crippen MR) is 63.3 cm³/mol. The van der Waals surface area contributed by atoms with Crippen LogP contribution < -0.4 is 0 Å². The highest BCUT2D eigenvalue weighted by atomic mass is 35.5. The first-order valence-electron chi connectivity index (χ1n) is 4.73. The Hall–Kier alpha value is -1.47. The molecule has 0 bridgehead atoms. The van der Waals surface area contributed by atoms with Crippen LogP contribution in [0.25, 0.3) is 11.1 Å². The van der Waals surface area contributed by atoms with E-state index in [-0.39, 0.29) is 5.75 Å². The lowest BCUT2D eigenvalue weighted by atomic mass is 10.0. The molecular formula is C13H11ClO. The molecule has 0 spiro atoms. The number of rotatable bonds is 1. The zero-order valence-corrected chi connectivity index (χ0v) is 9.12. The van der Waals surface area contributed by atoms with Crippen molar-refractivity contribution in [2.45, 2.75) is 6.92 Å². The van der Waals surface area contributed by atoms with Crippen molar-refractivity contribution >= 4 is 11.6 Å². The molecule has 1 nitrogen and oxygen atoms in total. The van der Waals surface area contributed by atoms with Crippen LogP contribution >= 0.6 is 11.6 Å². The Labute approximate surface area is 94.0 Å². The van der Waals surface area contributed by atoms with Crippen LogP contribution in [0.15, 0.2) is 42.5 Å². The van der Waals surface area contributed by atoms with Crippen LogP contribution in [-0.2, 0) is 0 Å². The number of phenolic OH excluding ortho intramolecular Hbond substituents is 1. The van der Waals surface area contributed by atoms with Gasteiger partial charge in [-0.05, 0) is 30.2 Å². The van der Waals surface area contributed by atoms with Crippen molar-refractivity contribution in [2.24, 2.45) is 0 Å². The van der Waals surface area contributed by atoms with Gasteiger partial charge in [0.2, 0.25) is 0 Å². The van der Waals surface area contributed by atoms with Crippen LogP contribution in [0.3, 0.4) is 0 Å². The minimum atomic E-state index is 0.236. The summed E-state index contributed by atoms with van der Waals surface area (Å²) in [5.74, 6) is 0.236. The molecule has 1 N–H and O–H groups in total. The lowest BCUT2D eigenvalue weighted by Crippen LogP contribution is -1.82. The number of hydrogen-bond donors (Lipinski definition) is 1. The molecule has 0 radical (unpaired) electrons. The van der Waals surface area contributed by atoms with Gasteiger partial charge in [-0.3, -0.25) is 0 Å². The summed E-state index contributed by atoms with van der Waals surface area (Å²) in [6, 6.07) is 13.4. The second kappa shape index (κ2) is 3.95. The van der Waals surface area contributed by atoms with E-state index in [1.807, 2.05) is 43.3 Å². The number of benzene rings is 2. The fraction of sp³-hybridized carbons (Fsp3) is 0.0769. The summed E-state index contributed by atoms with van der Waals surface area (Å²) >= 11 is 6.08. The average Bonchev–Trinajstić information content (AvgIpc) is 2.25. The van der Waals surface area contributed by atoms with Crippen LogP contribution in [-0.4, -0.2) is 5.11 Å². The normalized spacial score (nSPS) is 10.3. The smallest absolute Gasteiger partial charge is 0.120 e. The van der Waals surface area contributed by atoms with Gasteiger partial charge in [0.15, 0.2) is 0 Å². The van der Waals surface area contributed by atoms with Gasteiger partial charge in [0, 0.05) is 5.56 Å². The van der Waals surface area contributed by atoms with E-state index in [9.17, 15) is 5.11 Å².